The van der Waals surface area contributed by atoms with Gasteiger partial charge in [-0.2, -0.15) is 0 Å². The smallest absolute Gasteiger partial charge is 0.384 e. The summed E-state index contributed by atoms with van der Waals surface area (Å²) in [5, 5.41) is 0. The second-order valence-corrected chi connectivity index (χ2v) is 7.20. The Morgan fingerprint density at radius 2 is 1.86 bits per heavy atom. The van der Waals surface area contributed by atoms with Gasteiger partial charge in [0.2, 0.25) is 0 Å². The number of esters is 2. The van der Waals surface area contributed by atoms with Gasteiger partial charge in [-0.05, 0) is 39.5 Å². The first-order chi connectivity index (χ1) is 9.49. The van der Waals surface area contributed by atoms with Gasteiger partial charge in [0, 0.05) is 11.8 Å². The van der Waals surface area contributed by atoms with E-state index in [1.54, 1.807) is 0 Å². The van der Waals surface area contributed by atoms with Gasteiger partial charge >= 0.3 is 11.9 Å². The zero-order valence-corrected chi connectivity index (χ0v) is 14.1. The molecule has 1 aliphatic carbocycles. The monoisotopic (exact) mass is 294 g/mol. The van der Waals surface area contributed by atoms with Crippen molar-refractivity contribution in [2.75, 3.05) is 0 Å². The number of carbonyl (C=O) groups excluding carboxylic acids is 2. The molecule has 118 valence electrons. The van der Waals surface area contributed by atoms with E-state index >= 15 is 0 Å². The molecule has 1 fully saturated rings. The molecule has 1 aliphatic rings. The van der Waals surface area contributed by atoms with Crippen LogP contribution < -0.4 is 0 Å². The lowest BCUT2D eigenvalue weighted by molar-refractivity contribution is -0.157. The van der Waals surface area contributed by atoms with Crippen LogP contribution in [-0.2, 0) is 19.1 Å². The normalized spacial score (nSPS) is 24.3. The van der Waals surface area contributed by atoms with Gasteiger partial charge in [-0.25, -0.2) is 4.79 Å². The third-order valence-corrected chi connectivity index (χ3v) is 3.70. The van der Waals surface area contributed by atoms with Gasteiger partial charge in [0.05, 0.1) is 12.0 Å². The minimum Gasteiger partial charge on any atom is -0.460 e. The predicted octanol–water partition coefficient (Wildman–Crippen LogP) is 2.95. The standard InChI is InChI=1S/C17H26O4/c1-8-11(2)20-13(18)10-9-12-14(17(12,6)7)15(19)21-16(3,4)5/h11-12,14H,8H2,1-7H3. The third kappa shape index (κ3) is 4.77. The van der Waals surface area contributed by atoms with E-state index in [-0.39, 0.29) is 29.3 Å². The SMILES string of the molecule is CCC(C)OC(=O)C#CC1C(C(=O)OC(C)(C)C)C1(C)C. The summed E-state index contributed by atoms with van der Waals surface area (Å²) < 4.78 is 10.5. The molecule has 21 heavy (non-hydrogen) atoms. The van der Waals surface area contributed by atoms with Crippen LogP contribution in [0.3, 0.4) is 0 Å². The maximum Gasteiger partial charge on any atom is 0.384 e. The molecule has 0 aliphatic heterocycles. The lowest BCUT2D eigenvalue weighted by atomic mass is 10.1. The highest BCUT2D eigenvalue weighted by molar-refractivity contribution is 5.89. The average Bonchev–Trinajstić information content (AvgIpc) is 2.86. The Bertz CT molecular complexity index is 473. The molecule has 0 aromatic rings. The van der Waals surface area contributed by atoms with Crippen molar-refractivity contribution in [1.29, 1.82) is 0 Å². The number of rotatable bonds is 3. The van der Waals surface area contributed by atoms with Crippen molar-refractivity contribution in [3.05, 3.63) is 0 Å². The lowest BCUT2D eigenvalue weighted by Crippen LogP contribution is -2.26. The van der Waals surface area contributed by atoms with Crippen molar-refractivity contribution in [2.45, 2.75) is 66.6 Å². The van der Waals surface area contributed by atoms with E-state index in [0.717, 1.165) is 6.42 Å². The molecular formula is C17H26O4. The maximum atomic E-state index is 12.1. The van der Waals surface area contributed by atoms with Crippen LogP contribution in [0.5, 0.6) is 0 Å². The quantitative estimate of drug-likeness (QED) is 0.456. The number of hydrogen-bond donors (Lipinski definition) is 0. The fourth-order valence-electron chi connectivity index (χ4n) is 2.14. The zero-order valence-electron chi connectivity index (χ0n) is 14.1. The van der Waals surface area contributed by atoms with Crippen molar-refractivity contribution < 1.29 is 19.1 Å². The van der Waals surface area contributed by atoms with Gasteiger partial charge in [-0.15, -0.1) is 0 Å². The van der Waals surface area contributed by atoms with Gasteiger partial charge in [0.1, 0.15) is 5.60 Å². The first kappa shape index (κ1) is 17.6. The Labute approximate surface area is 127 Å². The van der Waals surface area contributed by atoms with Crippen molar-refractivity contribution in [3.63, 3.8) is 0 Å². The van der Waals surface area contributed by atoms with Crippen molar-refractivity contribution in [2.24, 2.45) is 17.3 Å². The fraction of sp³-hybridized carbons (Fsp3) is 0.765. The minimum absolute atomic E-state index is 0.138. The molecule has 0 aromatic carbocycles. The molecular weight excluding hydrogens is 268 g/mol. The van der Waals surface area contributed by atoms with Crippen LogP contribution in [0.15, 0.2) is 0 Å². The topological polar surface area (TPSA) is 52.6 Å². The summed E-state index contributed by atoms with van der Waals surface area (Å²) >= 11 is 0. The molecule has 0 spiro atoms. The molecule has 3 atom stereocenters. The lowest BCUT2D eigenvalue weighted by Gasteiger charge is -2.19. The second kappa shape index (κ2) is 6.09. The van der Waals surface area contributed by atoms with E-state index in [0.29, 0.717) is 0 Å². The van der Waals surface area contributed by atoms with Crippen LogP contribution in [-0.4, -0.2) is 23.6 Å². The Hall–Kier alpha value is -1.50. The van der Waals surface area contributed by atoms with Crippen LogP contribution >= 0.6 is 0 Å². The van der Waals surface area contributed by atoms with Crippen molar-refractivity contribution >= 4 is 11.9 Å². The highest BCUT2D eigenvalue weighted by atomic mass is 16.6. The van der Waals surface area contributed by atoms with E-state index in [2.05, 4.69) is 11.8 Å². The van der Waals surface area contributed by atoms with Gasteiger partial charge < -0.3 is 9.47 Å². The summed E-state index contributed by atoms with van der Waals surface area (Å²) in [6.45, 7) is 13.2. The first-order valence-electron chi connectivity index (χ1n) is 7.44. The second-order valence-electron chi connectivity index (χ2n) is 7.20. The van der Waals surface area contributed by atoms with Gasteiger partial charge in [-0.1, -0.05) is 26.7 Å². The molecule has 3 unspecified atom stereocenters. The number of carbonyl (C=O) groups is 2. The third-order valence-electron chi connectivity index (χ3n) is 3.70. The number of ether oxygens (including phenoxy) is 2. The molecule has 1 saturated carbocycles. The molecule has 4 nitrogen and oxygen atoms in total. The number of hydrogen-bond acceptors (Lipinski definition) is 4. The summed E-state index contributed by atoms with van der Waals surface area (Å²) in [6, 6.07) is 0. The Balaban J connectivity index is 2.66. The molecule has 0 radical (unpaired) electrons. The van der Waals surface area contributed by atoms with Gasteiger partial charge in [0.25, 0.3) is 0 Å². The first-order valence-corrected chi connectivity index (χ1v) is 7.44. The molecule has 0 bridgehead atoms. The molecule has 0 N–H and O–H groups in total. The van der Waals surface area contributed by atoms with Crippen molar-refractivity contribution in [3.8, 4) is 11.8 Å². The van der Waals surface area contributed by atoms with E-state index < -0.39 is 11.6 Å². The van der Waals surface area contributed by atoms with Crippen LogP contribution in [0.1, 0.15) is 54.9 Å². The van der Waals surface area contributed by atoms with Gasteiger partial charge in [-0.3, -0.25) is 4.79 Å². The van der Waals surface area contributed by atoms with Crippen LogP contribution in [0.4, 0.5) is 0 Å². The highest BCUT2D eigenvalue weighted by Crippen LogP contribution is 2.58. The van der Waals surface area contributed by atoms with E-state index in [1.165, 1.54) is 0 Å². The molecule has 0 heterocycles. The minimum atomic E-state index is -0.532. The Kier molecular flexibility index (Phi) is 5.09. The Morgan fingerprint density at radius 1 is 1.29 bits per heavy atom. The van der Waals surface area contributed by atoms with Crippen molar-refractivity contribution in [1.82, 2.24) is 0 Å². The Morgan fingerprint density at radius 3 is 2.33 bits per heavy atom. The van der Waals surface area contributed by atoms with E-state index in [1.807, 2.05) is 48.5 Å². The highest BCUT2D eigenvalue weighted by Gasteiger charge is 2.62. The summed E-state index contributed by atoms with van der Waals surface area (Å²) in [5.74, 6) is 4.15. The summed E-state index contributed by atoms with van der Waals surface area (Å²) in [5.41, 5.74) is -0.769. The van der Waals surface area contributed by atoms with Crippen LogP contribution in [0.2, 0.25) is 0 Å². The summed E-state index contributed by atoms with van der Waals surface area (Å²) in [6.07, 6.45) is 0.615. The molecule has 1 rings (SSSR count). The van der Waals surface area contributed by atoms with E-state index in [9.17, 15) is 9.59 Å². The van der Waals surface area contributed by atoms with E-state index in [4.69, 9.17) is 9.47 Å². The predicted molar refractivity (Wildman–Crippen MR) is 80.2 cm³/mol. The molecule has 0 amide bonds. The summed E-state index contributed by atoms with van der Waals surface area (Å²) in [7, 11) is 0. The molecule has 0 saturated heterocycles. The zero-order chi connectivity index (χ0) is 16.4. The fourth-order valence-corrected chi connectivity index (χ4v) is 2.14. The summed E-state index contributed by atoms with van der Waals surface area (Å²) in [4.78, 5) is 23.7. The van der Waals surface area contributed by atoms with Crippen LogP contribution in [0.25, 0.3) is 0 Å². The molecule has 0 aromatic heterocycles. The largest absolute Gasteiger partial charge is 0.460 e. The van der Waals surface area contributed by atoms with Crippen LogP contribution in [0, 0.1) is 29.1 Å². The molecule has 4 heteroatoms. The van der Waals surface area contributed by atoms with Gasteiger partial charge in [0.15, 0.2) is 0 Å². The maximum absolute atomic E-state index is 12.1. The average molecular weight is 294 g/mol.